The van der Waals surface area contributed by atoms with Crippen LogP contribution in [0.15, 0.2) is 22.7 Å². The van der Waals surface area contributed by atoms with Crippen molar-refractivity contribution in [2.24, 2.45) is 0 Å². The molecule has 1 atom stereocenters. The summed E-state index contributed by atoms with van der Waals surface area (Å²) in [6.45, 7) is 3.52. The molecule has 1 aromatic rings. The topological polar surface area (TPSA) is 3.24 Å². The molecule has 0 spiro atoms. The molecule has 18 heavy (non-hydrogen) atoms. The smallest absolute Gasteiger partial charge is 0.0421 e. The third kappa shape index (κ3) is 3.30. The monoisotopic (exact) mass is 373 g/mol. The summed E-state index contributed by atoms with van der Waals surface area (Å²) in [5.74, 6) is 0. The van der Waals surface area contributed by atoms with Crippen LogP contribution in [0.1, 0.15) is 44.6 Å². The van der Waals surface area contributed by atoms with Gasteiger partial charge < -0.3 is 4.90 Å². The standard InChI is InChI=1S/C15H21Br2N/c1-2-14-6-4-3-5-9-18(14)15-10-13(17)8-7-12(15)11-16/h7-8,10,14H,2-6,9,11H2,1H3. The molecule has 1 aliphatic rings. The van der Waals surface area contributed by atoms with Crippen molar-refractivity contribution in [3.8, 4) is 0 Å². The molecule has 1 aromatic carbocycles. The van der Waals surface area contributed by atoms with Gasteiger partial charge in [0.05, 0.1) is 0 Å². The van der Waals surface area contributed by atoms with E-state index in [1.807, 2.05) is 0 Å². The van der Waals surface area contributed by atoms with Gasteiger partial charge in [-0.25, -0.2) is 0 Å². The fourth-order valence-electron chi connectivity index (χ4n) is 2.84. The van der Waals surface area contributed by atoms with Gasteiger partial charge in [-0.3, -0.25) is 0 Å². The second kappa shape index (κ2) is 6.95. The van der Waals surface area contributed by atoms with Gasteiger partial charge >= 0.3 is 0 Å². The normalized spacial score (nSPS) is 20.8. The average Bonchev–Trinajstić information content (AvgIpc) is 2.63. The Morgan fingerprint density at radius 2 is 2.11 bits per heavy atom. The highest BCUT2D eigenvalue weighted by Gasteiger charge is 2.21. The summed E-state index contributed by atoms with van der Waals surface area (Å²) >= 11 is 7.23. The highest BCUT2D eigenvalue weighted by atomic mass is 79.9. The quantitative estimate of drug-likeness (QED) is 0.631. The summed E-state index contributed by atoms with van der Waals surface area (Å²) in [7, 11) is 0. The molecular weight excluding hydrogens is 354 g/mol. The molecular formula is C15H21Br2N. The number of rotatable bonds is 3. The van der Waals surface area contributed by atoms with E-state index in [2.05, 4.69) is 61.9 Å². The van der Waals surface area contributed by atoms with Crippen LogP contribution in [0.4, 0.5) is 5.69 Å². The van der Waals surface area contributed by atoms with Gasteiger partial charge in [-0.15, -0.1) is 0 Å². The Balaban J connectivity index is 2.34. The van der Waals surface area contributed by atoms with E-state index in [-0.39, 0.29) is 0 Å². The lowest BCUT2D eigenvalue weighted by Gasteiger charge is -2.33. The molecule has 3 heteroatoms. The van der Waals surface area contributed by atoms with E-state index in [9.17, 15) is 0 Å². The van der Waals surface area contributed by atoms with Gasteiger partial charge in [-0.2, -0.15) is 0 Å². The van der Waals surface area contributed by atoms with Crippen LogP contribution in [0.3, 0.4) is 0 Å². The van der Waals surface area contributed by atoms with Crippen LogP contribution in [0.25, 0.3) is 0 Å². The van der Waals surface area contributed by atoms with E-state index in [1.165, 1.54) is 54.4 Å². The summed E-state index contributed by atoms with van der Waals surface area (Å²) in [5, 5.41) is 0.933. The minimum atomic E-state index is 0.708. The maximum absolute atomic E-state index is 3.62. The zero-order chi connectivity index (χ0) is 13.0. The Morgan fingerprint density at radius 1 is 1.28 bits per heavy atom. The summed E-state index contributed by atoms with van der Waals surface area (Å²) in [4.78, 5) is 2.63. The molecule has 0 radical (unpaired) electrons. The first kappa shape index (κ1) is 14.4. The lowest BCUT2D eigenvalue weighted by Crippen LogP contribution is -2.35. The SMILES string of the molecule is CCC1CCCCCN1c1cc(Br)ccc1CBr. The number of alkyl halides is 1. The maximum atomic E-state index is 3.62. The van der Waals surface area contributed by atoms with E-state index in [0.29, 0.717) is 6.04 Å². The summed E-state index contributed by atoms with van der Waals surface area (Å²) in [6, 6.07) is 7.36. The Hall–Kier alpha value is -0.0200. The van der Waals surface area contributed by atoms with E-state index >= 15 is 0 Å². The number of hydrogen-bond donors (Lipinski definition) is 0. The Bertz CT molecular complexity index is 392. The van der Waals surface area contributed by atoms with Crippen LogP contribution >= 0.6 is 31.9 Å². The summed E-state index contributed by atoms with van der Waals surface area (Å²) in [5.41, 5.74) is 2.81. The first-order chi connectivity index (χ1) is 8.76. The van der Waals surface area contributed by atoms with Crippen molar-refractivity contribution in [3.05, 3.63) is 28.2 Å². The van der Waals surface area contributed by atoms with Crippen molar-refractivity contribution in [2.75, 3.05) is 11.4 Å². The van der Waals surface area contributed by atoms with Gasteiger partial charge in [0.2, 0.25) is 0 Å². The fraction of sp³-hybridized carbons (Fsp3) is 0.600. The van der Waals surface area contributed by atoms with Crippen LogP contribution in [-0.4, -0.2) is 12.6 Å². The number of nitrogens with zero attached hydrogens (tertiary/aromatic N) is 1. The van der Waals surface area contributed by atoms with Crippen LogP contribution in [0.5, 0.6) is 0 Å². The molecule has 0 aromatic heterocycles. The molecule has 1 nitrogen and oxygen atoms in total. The first-order valence-corrected chi connectivity index (χ1v) is 8.78. The Kier molecular flexibility index (Phi) is 5.56. The molecule has 0 bridgehead atoms. The van der Waals surface area contributed by atoms with Gasteiger partial charge in [0.15, 0.2) is 0 Å². The number of benzene rings is 1. The Morgan fingerprint density at radius 3 is 2.83 bits per heavy atom. The maximum Gasteiger partial charge on any atom is 0.0421 e. The highest BCUT2D eigenvalue weighted by molar-refractivity contribution is 9.10. The molecule has 1 saturated heterocycles. The lowest BCUT2D eigenvalue weighted by molar-refractivity contribution is 0.555. The van der Waals surface area contributed by atoms with Crippen molar-refractivity contribution < 1.29 is 0 Å². The van der Waals surface area contributed by atoms with Crippen molar-refractivity contribution in [2.45, 2.75) is 50.4 Å². The predicted molar refractivity (Wildman–Crippen MR) is 86.7 cm³/mol. The fourth-order valence-corrected chi connectivity index (χ4v) is 3.66. The zero-order valence-electron chi connectivity index (χ0n) is 11.0. The van der Waals surface area contributed by atoms with E-state index in [1.54, 1.807) is 0 Å². The molecule has 2 rings (SSSR count). The molecule has 100 valence electrons. The predicted octanol–water partition coefficient (Wildman–Crippen LogP) is 5.50. The minimum Gasteiger partial charge on any atom is -0.368 e. The van der Waals surface area contributed by atoms with E-state index < -0.39 is 0 Å². The second-order valence-electron chi connectivity index (χ2n) is 5.01. The summed E-state index contributed by atoms with van der Waals surface area (Å²) in [6.07, 6.45) is 6.67. The first-order valence-electron chi connectivity index (χ1n) is 6.87. The van der Waals surface area contributed by atoms with Crippen LogP contribution in [-0.2, 0) is 5.33 Å². The molecule has 1 fully saturated rings. The zero-order valence-corrected chi connectivity index (χ0v) is 14.1. The second-order valence-corrected chi connectivity index (χ2v) is 6.49. The van der Waals surface area contributed by atoms with Gasteiger partial charge in [0.1, 0.15) is 0 Å². The third-order valence-electron chi connectivity index (χ3n) is 3.85. The largest absolute Gasteiger partial charge is 0.368 e. The van der Waals surface area contributed by atoms with Crippen molar-refractivity contribution >= 4 is 37.5 Å². The van der Waals surface area contributed by atoms with Crippen LogP contribution < -0.4 is 4.90 Å². The van der Waals surface area contributed by atoms with Gasteiger partial charge in [0, 0.05) is 28.1 Å². The number of halogens is 2. The number of hydrogen-bond acceptors (Lipinski definition) is 1. The van der Waals surface area contributed by atoms with E-state index in [4.69, 9.17) is 0 Å². The number of anilines is 1. The minimum absolute atomic E-state index is 0.708. The Labute approximate surface area is 127 Å². The molecule has 1 unspecified atom stereocenters. The summed E-state index contributed by atoms with van der Waals surface area (Å²) < 4.78 is 1.18. The highest BCUT2D eigenvalue weighted by Crippen LogP contribution is 2.32. The van der Waals surface area contributed by atoms with Crippen molar-refractivity contribution in [1.29, 1.82) is 0 Å². The average molecular weight is 375 g/mol. The molecule has 0 N–H and O–H groups in total. The van der Waals surface area contributed by atoms with Gasteiger partial charge in [-0.1, -0.05) is 57.7 Å². The van der Waals surface area contributed by atoms with Crippen LogP contribution in [0, 0.1) is 0 Å². The van der Waals surface area contributed by atoms with Crippen LogP contribution in [0.2, 0.25) is 0 Å². The molecule has 0 saturated carbocycles. The lowest BCUT2D eigenvalue weighted by atomic mass is 10.1. The van der Waals surface area contributed by atoms with Crippen molar-refractivity contribution in [1.82, 2.24) is 0 Å². The van der Waals surface area contributed by atoms with E-state index in [0.717, 1.165) is 5.33 Å². The van der Waals surface area contributed by atoms with Gasteiger partial charge in [-0.05, 0) is 37.0 Å². The molecule has 1 heterocycles. The van der Waals surface area contributed by atoms with Crippen molar-refractivity contribution in [3.63, 3.8) is 0 Å². The molecule has 0 aliphatic carbocycles. The third-order valence-corrected chi connectivity index (χ3v) is 4.95. The van der Waals surface area contributed by atoms with Gasteiger partial charge in [0.25, 0.3) is 0 Å². The molecule has 1 aliphatic heterocycles. The molecule has 0 amide bonds.